The molecule has 0 aliphatic heterocycles. The van der Waals surface area contributed by atoms with Crippen LogP contribution in [-0.4, -0.2) is 11.5 Å². The van der Waals surface area contributed by atoms with E-state index in [2.05, 4.69) is 29.4 Å². The third-order valence-corrected chi connectivity index (χ3v) is 3.62. The number of hydrogen-bond donors (Lipinski definition) is 1. The zero-order chi connectivity index (χ0) is 13.7. The fraction of sp³-hybridized carbons (Fsp3) is 0.312. The Morgan fingerprint density at radius 3 is 2.68 bits per heavy atom. The summed E-state index contributed by atoms with van der Waals surface area (Å²) in [7, 11) is 0. The third kappa shape index (κ3) is 3.55. The molecule has 0 amide bonds. The quantitative estimate of drug-likeness (QED) is 0.893. The van der Waals surface area contributed by atoms with Crippen molar-refractivity contribution in [3.8, 4) is 0 Å². The second-order valence-corrected chi connectivity index (χ2v) is 4.99. The molecule has 0 bridgehead atoms. The number of nitrogens with zero attached hydrogens (tertiary/aromatic N) is 1. The SMILES string of the molecule is CCNC(Cc1ccccc1Cl)c1cccnc1C. The Balaban J connectivity index is 2.27. The molecule has 0 fully saturated rings. The molecule has 1 atom stereocenters. The molecule has 1 unspecified atom stereocenters. The van der Waals surface area contributed by atoms with Gasteiger partial charge in [-0.2, -0.15) is 0 Å². The Labute approximate surface area is 119 Å². The maximum Gasteiger partial charge on any atom is 0.0438 e. The van der Waals surface area contributed by atoms with E-state index >= 15 is 0 Å². The molecule has 100 valence electrons. The number of pyridine rings is 1. The molecule has 0 radical (unpaired) electrons. The number of rotatable bonds is 5. The van der Waals surface area contributed by atoms with Crippen molar-refractivity contribution < 1.29 is 0 Å². The number of aryl methyl sites for hydroxylation is 1. The summed E-state index contributed by atoms with van der Waals surface area (Å²) in [6.07, 6.45) is 2.71. The van der Waals surface area contributed by atoms with Crippen LogP contribution in [0.4, 0.5) is 0 Å². The van der Waals surface area contributed by atoms with Crippen LogP contribution in [0.25, 0.3) is 0 Å². The minimum atomic E-state index is 0.249. The van der Waals surface area contributed by atoms with E-state index in [1.807, 2.05) is 37.4 Å². The molecule has 0 aliphatic carbocycles. The van der Waals surface area contributed by atoms with Crippen LogP contribution in [0.15, 0.2) is 42.6 Å². The van der Waals surface area contributed by atoms with Gasteiger partial charge in [-0.15, -0.1) is 0 Å². The number of benzene rings is 1. The van der Waals surface area contributed by atoms with Crippen molar-refractivity contribution >= 4 is 11.6 Å². The number of aromatic nitrogens is 1. The molecule has 0 spiro atoms. The summed E-state index contributed by atoms with van der Waals surface area (Å²) in [5.74, 6) is 0. The lowest BCUT2D eigenvalue weighted by atomic mass is 9.98. The van der Waals surface area contributed by atoms with Crippen LogP contribution in [-0.2, 0) is 6.42 Å². The molecule has 1 heterocycles. The van der Waals surface area contributed by atoms with Crippen molar-refractivity contribution in [2.45, 2.75) is 26.3 Å². The van der Waals surface area contributed by atoms with Crippen LogP contribution in [0.2, 0.25) is 5.02 Å². The van der Waals surface area contributed by atoms with Crippen molar-refractivity contribution in [3.63, 3.8) is 0 Å². The third-order valence-electron chi connectivity index (χ3n) is 3.26. The van der Waals surface area contributed by atoms with Gasteiger partial charge in [0.05, 0.1) is 0 Å². The fourth-order valence-corrected chi connectivity index (χ4v) is 2.50. The number of likely N-dealkylation sites (N-methyl/N-ethyl adjacent to an activating group) is 1. The van der Waals surface area contributed by atoms with E-state index in [9.17, 15) is 0 Å². The van der Waals surface area contributed by atoms with Crippen molar-refractivity contribution in [1.82, 2.24) is 10.3 Å². The molecular formula is C16H19ClN2. The molecule has 1 aromatic carbocycles. The number of nitrogens with one attached hydrogen (secondary N) is 1. The average Bonchev–Trinajstić information content (AvgIpc) is 2.41. The van der Waals surface area contributed by atoms with Crippen molar-refractivity contribution in [2.75, 3.05) is 6.54 Å². The van der Waals surface area contributed by atoms with Crippen molar-refractivity contribution in [1.29, 1.82) is 0 Å². The van der Waals surface area contributed by atoms with E-state index in [1.54, 1.807) is 0 Å². The van der Waals surface area contributed by atoms with E-state index in [1.165, 1.54) is 11.1 Å². The van der Waals surface area contributed by atoms with E-state index in [4.69, 9.17) is 11.6 Å². The average molecular weight is 275 g/mol. The van der Waals surface area contributed by atoms with Crippen LogP contribution in [0.1, 0.15) is 29.8 Å². The fourth-order valence-electron chi connectivity index (χ4n) is 2.29. The highest BCUT2D eigenvalue weighted by atomic mass is 35.5. The van der Waals surface area contributed by atoms with Gasteiger partial charge in [0.15, 0.2) is 0 Å². The van der Waals surface area contributed by atoms with Gasteiger partial charge in [0.1, 0.15) is 0 Å². The molecule has 0 saturated heterocycles. The standard InChI is InChI=1S/C16H19ClN2/c1-3-18-16(14-8-6-10-19-12(14)2)11-13-7-4-5-9-15(13)17/h4-10,16,18H,3,11H2,1-2H3. The second kappa shape index (κ2) is 6.69. The van der Waals surface area contributed by atoms with Gasteiger partial charge in [0.2, 0.25) is 0 Å². The first-order valence-corrected chi connectivity index (χ1v) is 6.98. The molecule has 3 heteroatoms. The smallest absolute Gasteiger partial charge is 0.0438 e. The second-order valence-electron chi connectivity index (χ2n) is 4.58. The first-order chi connectivity index (χ1) is 9.22. The van der Waals surface area contributed by atoms with E-state index in [-0.39, 0.29) is 6.04 Å². The minimum absolute atomic E-state index is 0.249. The molecule has 2 rings (SSSR count). The summed E-state index contributed by atoms with van der Waals surface area (Å²) >= 11 is 6.25. The zero-order valence-corrected chi connectivity index (χ0v) is 12.1. The first-order valence-electron chi connectivity index (χ1n) is 6.60. The number of hydrogen-bond acceptors (Lipinski definition) is 2. The highest BCUT2D eigenvalue weighted by Gasteiger charge is 2.15. The number of halogens is 1. The van der Waals surface area contributed by atoms with Gasteiger partial charge in [0, 0.05) is 23.0 Å². The lowest BCUT2D eigenvalue weighted by Gasteiger charge is -2.20. The first kappa shape index (κ1) is 14.0. The molecule has 0 saturated carbocycles. The van der Waals surface area contributed by atoms with Crippen LogP contribution in [0.3, 0.4) is 0 Å². The highest BCUT2D eigenvalue weighted by Crippen LogP contribution is 2.24. The Morgan fingerprint density at radius 2 is 2.00 bits per heavy atom. The van der Waals surface area contributed by atoms with Crippen LogP contribution in [0, 0.1) is 6.92 Å². The van der Waals surface area contributed by atoms with E-state index in [0.29, 0.717) is 0 Å². The van der Waals surface area contributed by atoms with Crippen LogP contribution >= 0.6 is 11.6 Å². The summed E-state index contributed by atoms with van der Waals surface area (Å²) in [5.41, 5.74) is 3.48. The maximum absolute atomic E-state index is 6.25. The predicted octanol–water partition coefficient (Wildman–Crippen LogP) is 3.94. The maximum atomic E-state index is 6.25. The molecule has 2 aromatic rings. The van der Waals surface area contributed by atoms with Gasteiger partial charge >= 0.3 is 0 Å². The highest BCUT2D eigenvalue weighted by molar-refractivity contribution is 6.31. The summed E-state index contributed by atoms with van der Waals surface area (Å²) in [4.78, 5) is 4.37. The monoisotopic (exact) mass is 274 g/mol. The molecular weight excluding hydrogens is 256 g/mol. The van der Waals surface area contributed by atoms with E-state index < -0.39 is 0 Å². The lowest BCUT2D eigenvalue weighted by Crippen LogP contribution is -2.24. The van der Waals surface area contributed by atoms with Gasteiger partial charge < -0.3 is 5.32 Å². The van der Waals surface area contributed by atoms with Crippen LogP contribution in [0.5, 0.6) is 0 Å². The summed E-state index contributed by atoms with van der Waals surface area (Å²) in [6, 6.07) is 12.4. The van der Waals surface area contributed by atoms with Gasteiger partial charge in [0.25, 0.3) is 0 Å². The molecule has 1 aromatic heterocycles. The summed E-state index contributed by atoms with van der Waals surface area (Å²) in [6.45, 7) is 5.08. The molecule has 2 nitrogen and oxygen atoms in total. The Morgan fingerprint density at radius 1 is 1.21 bits per heavy atom. The van der Waals surface area contributed by atoms with Crippen LogP contribution < -0.4 is 5.32 Å². The summed E-state index contributed by atoms with van der Waals surface area (Å²) < 4.78 is 0. The largest absolute Gasteiger partial charge is 0.310 e. The Bertz CT molecular complexity index is 540. The topological polar surface area (TPSA) is 24.9 Å². The van der Waals surface area contributed by atoms with Gasteiger partial charge in [-0.25, -0.2) is 0 Å². The van der Waals surface area contributed by atoms with Crippen molar-refractivity contribution in [2.24, 2.45) is 0 Å². The van der Waals surface area contributed by atoms with Gasteiger partial charge in [-0.3, -0.25) is 4.98 Å². The van der Waals surface area contributed by atoms with E-state index in [0.717, 1.165) is 23.7 Å². The van der Waals surface area contributed by atoms with Crippen molar-refractivity contribution in [3.05, 3.63) is 64.4 Å². The molecule has 19 heavy (non-hydrogen) atoms. The summed E-state index contributed by atoms with van der Waals surface area (Å²) in [5, 5.41) is 4.34. The van der Waals surface area contributed by atoms with Gasteiger partial charge in [-0.05, 0) is 43.1 Å². The Kier molecular flexibility index (Phi) is 4.94. The van der Waals surface area contributed by atoms with Gasteiger partial charge in [-0.1, -0.05) is 42.8 Å². The molecule has 0 aliphatic rings. The Hall–Kier alpha value is -1.38. The lowest BCUT2D eigenvalue weighted by molar-refractivity contribution is 0.545. The zero-order valence-electron chi connectivity index (χ0n) is 11.4. The normalized spacial score (nSPS) is 12.4. The molecule has 1 N–H and O–H groups in total. The predicted molar refractivity (Wildman–Crippen MR) is 80.5 cm³/mol. The minimum Gasteiger partial charge on any atom is -0.310 e.